The molecule has 0 spiro atoms. The van der Waals surface area contributed by atoms with E-state index in [0.717, 1.165) is 0 Å². The topological polar surface area (TPSA) is 74.7 Å². The second-order valence-corrected chi connectivity index (χ2v) is 7.53. The molecule has 1 atom stereocenters. The zero-order valence-corrected chi connectivity index (χ0v) is 14.6. The Kier molecular flexibility index (Phi) is 7.49. The van der Waals surface area contributed by atoms with E-state index in [1.807, 2.05) is 0 Å². The molecule has 0 aromatic carbocycles. The van der Waals surface area contributed by atoms with Gasteiger partial charge in [0.2, 0.25) is 4.62 Å². The summed E-state index contributed by atoms with van der Waals surface area (Å²) in [5, 5.41) is 0. The molecule has 0 saturated carbocycles. The quantitative estimate of drug-likeness (QED) is 0.386. The van der Waals surface area contributed by atoms with Crippen LogP contribution < -0.4 is 0 Å². The van der Waals surface area contributed by atoms with Gasteiger partial charge in [-0.1, -0.05) is 17.7 Å². The molecule has 8 heteroatoms. The molecule has 1 heterocycles. The van der Waals surface area contributed by atoms with Crippen molar-refractivity contribution in [1.29, 1.82) is 0 Å². The minimum absolute atomic E-state index is 0.0709. The summed E-state index contributed by atoms with van der Waals surface area (Å²) in [7, 11) is -3.93. The number of aromatic nitrogens is 1. The van der Waals surface area contributed by atoms with E-state index in [0.29, 0.717) is 5.56 Å². The minimum Gasteiger partial charge on any atom is -0.464 e. The molecule has 22 heavy (non-hydrogen) atoms. The third-order valence-electron chi connectivity index (χ3n) is 2.78. The lowest BCUT2D eigenvalue weighted by Gasteiger charge is -2.31. The van der Waals surface area contributed by atoms with Crippen LogP contribution in [0, 0.1) is 0 Å². The van der Waals surface area contributed by atoms with Crippen molar-refractivity contribution in [1.82, 2.24) is 4.98 Å². The molecule has 1 aromatic rings. The van der Waals surface area contributed by atoms with Crippen LogP contribution in [0.2, 0.25) is 0 Å². The van der Waals surface area contributed by atoms with Crippen molar-refractivity contribution in [2.45, 2.75) is 31.8 Å². The summed E-state index contributed by atoms with van der Waals surface area (Å²) >= 11 is 6.45. The van der Waals surface area contributed by atoms with E-state index in [4.69, 9.17) is 25.4 Å². The van der Waals surface area contributed by atoms with Crippen molar-refractivity contribution in [2.75, 3.05) is 19.8 Å². The van der Waals surface area contributed by atoms with Gasteiger partial charge in [0.1, 0.15) is 0 Å². The molecule has 6 nitrogen and oxygen atoms in total. The Labute approximate surface area is 135 Å². The van der Waals surface area contributed by atoms with Gasteiger partial charge >= 0.3 is 13.6 Å². The molecule has 0 bridgehead atoms. The minimum atomic E-state index is -3.93. The van der Waals surface area contributed by atoms with Crippen molar-refractivity contribution < 1.29 is 23.1 Å². The van der Waals surface area contributed by atoms with Crippen molar-refractivity contribution in [3.8, 4) is 0 Å². The van der Waals surface area contributed by atoms with Gasteiger partial charge < -0.3 is 13.8 Å². The van der Waals surface area contributed by atoms with Crippen LogP contribution in [0.5, 0.6) is 0 Å². The predicted octanol–water partition coefficient (Wildman–Crippen LogP) is 3.39. The lowest BCUT2D eigenvalue weighted by Crippen LogP contribution is -2.38. The number of halogens is 1. The van der Waals surface area contributed by atoms with Crippen molar-refractivity contribution >= 4 is 25.2 Å². The smallest absolute Gasteiger partial charge is 0.363 e. The molecule has 1 rings (SSSR count). The van der Waals surface area contributed by atoms with Crippen molar-refractivity contribution in [2.24, 2.45) is 0 Å². The van der Waals surface area contributed by atoms with Crippen molar-refractivity contribution in [3.63, 3.8) is 0 Å². The van der Waals surface area contributed by atoms with Crippen LogP contribution >= 0.6 is 19.2 Å². The van der Waals surface area contributed by atoms with Gasteiger partial charge in [-0.2, -0.15) is 0 Å². The first-order chi connectivity index (χ1) is 10.4. The van der Waals surface area contributed by atoms with Gasteiger partial charge in [0.25, 0.3) is 0 Å². The summed E-state index contributed by atoms with van der Waals surface area (Å²) in [5.74, 6) is -0.828. The first-order valence-corrected chi connectivity index (χ1v) is 8.99. The Hall–Kier alpha value is -0.940. The number of carbonyl (C=O) groups is 1. The van der Waals surface area contributed by atoms with Gasteiger partial charge in [0.15, 0.2) is 0 Å². The summed E-state index contributed by atoms with van der Waals surface area (Å²) < 4.78 is 26.6. The Morgan fingerprint density at radius 1 is 1.27 bits per heavy atom. The lowest BCUT2D eigenvalue weighted by atomic mass is 10.1. The number of ether oxygens (including phenoxy) is 1. The Morgan fingerprint density at radius 3 is 2.36 bits per heavy atom. The fourth-order valence-electron chi connectivity index (χ4n) is 1.88. The Balaban J connectivity index is 3.25. The number of rotatable bonds is 9. The van der Waals surface area contributed by atoms with Crippen LogP contribution in [0.15, 0.2) is 24.5 Å². The lowest BCUT2D eigenvalue weighted by molar-refractivity contribution is -0.144. The molecule has 1 aromatic heterocycles. The number of pyridine rings is 1. The molecule has 0 N–H and O–H groups in total. The van der Waals surface area contributed by atoms with Gasteiger partial charge in [0.05, 0.1) is 19.8 Å². The molecule has 0 saturated heterocycles. The average molecular weight is 350 g/mol. The maximum atomic E-state index is 13.1. The third-order valence-corrected chi connectivity index (χ3v) is 6.10. The van der Waals surface area contributed by atoms with Gasteiger partial charge in [-0.25, -0.2) is 4.79 Å². The molecule has 124 valence electrons. The van der Waals surface area contributed by atoms with E-state index in [9.17, 15) is 9.36 Å². The second-order valence-electron chi connectivity index (χ2n) is 4.35. The monoisotopic (exact) mass is 349 g/mol. The van der Waals surface area contributed by atoms with Crippen LogP contribution in [-0.2, 0) is 29.6 Å². The molecular weight excluding hydrogens is 329 g/mol. The summed E-state index contributed by atoms with van der Waals surface area (Å²) in [6.45, 7) is 5.25. The largest absolute Gasteiger partial charge is 0.464 e. The molecular formula is C14H21ClNO5P. The number of hydrogen-bond acceptors (Lipinski definition) is 6. The van der Waals surface area contributed by atoms with E-state index >= 15 is 0 Å². The summed E-state index contributed by atoms with van der Waals surface area (Å²) in [6.07, 6.45) is 3.06. The molecule has 0 aliphatic carbocycles. The highest BCUT2D eigenvalue weighted by molar-refractivity contribution is 7.59. The van der Waals surface area contributed by atoms with Crippen LogP contribution in [0.25, 0.3) is 0 Å². The van der Waals surface area contributed by atoms with Gasteiger partial charge in [0, 0.05) is 18.8 Å². The van der Waals surface area contributed by atoms with Crippen molar-refractivity contribution in [3.05, 3.63) is 30.1 Å². The van der Waals surface area contributed by atoms with Crippen LogP contribution in [0.3, 0.4) is 0 Å². The molecule has 0 aliphatic rings. The molecule has 1 unspecified atom stereocenters. The first kappa shape index (κ1) is 19.1. The molecule has 0 radical (unpaired) electrons. The van der Waals surface area contributed by atoms with E-state index in [-0.39, 0.29) is 26.2 Å². The third kappa shape index (κ3) is 4.29. The van der Waals surface area contributed by atoms with Gasteiger partial charge in [-0.3, -0.25) is 9.55 Å². The summed E-state index contributed by atoms with van der Waals surface area (Å²) in [5.41, 5.74) is 0.630. The first-order valence-electron chi connectivity index (χ1n) is 7.07. The number of carbonyl (C=O) groups excluding carboxylic acids is 1. The normalized spacial score (nSPS) is 14.4. The average Bonchev–Trinajstić information content (AvgIpc) is 2.48. The Morgan fingerprint density at radius 2 is 1.91 bits per heavy atom. The van der Waals surface area contributed by atoms with Crippen LogP contribution in [0.1, 0.15) is 26.3 Å². The number of hydrogen-bond donors (Lipinski definition) is 0. The maximum absolute atomic E-state index is 13.1. The second kappa shape index (κ2) is 8.63. The highest BCUT2D eigenvalue weighted by Gasteiger charge is 2.57. The Bertz CT molecular complexity index is 517. The molecule has 0 amide bonds. The summed E-state index contributed by atoms with van der Waals surface area (Å²) in [6, 6.07) is 3.43. The van der Waals surface area contributed by atoms with E-state index in [1.165, 1.54) is 0 Å². The number of alkyl halides is 1. The van der Waals surface area contributed by atoms with Gasteiger partial charge in [-0.05, 0) is 32.4 Å². The summed E-state index contributed by atoms with van der Waals surface area (Å²) in [4.78, 5) is 16.3. The van der Waals surface area contributed by atoms with E-state index in [2.05, 4.69) is 4.98 Å². The highest BCUT2D eigenvalue weighted by Crippen LogP contribution is 2.63. The standard InChI is InChI=1S/C14H21ClNO5P/c1-4-19-13(17)14(15,10-12-8-7-9-16-11-12)22(18,20-5-2)21-6-3/h7-9,11H,4-6,10H2,1-3H3. The number of esters is 1. The SMILES string of the molecule is CCOC(=O)C(Cl)(Cc1cccnc1)P(=O)(OCC)OCC. The fourth-order valence-corrected chi connectivity index (χ4v) is 4.21. The van der Waals surface area contributed by atoms with Crippen LogP contribution in [0.4, 0.5) is 0 Å². The molecule has 0 aliphatic heterocycles. The van der Waals surface area contributed by atoms with E-state index in [1.54, 1.807) is 45.3 Å². The highest BCUT2D eigenvalue weighted by atomic mass is 35.5. The maximum Gasteiger partial charge on any atom is 0.363 e. The zero-order chi connectivity index (χ0) is 16.6. The number of nitrogens with zero attached hydrogens (tertiary/aromatic N) is 1. The van der Waals surface area contributed by atoms with Crippen LogP contribution in [-0.4, -0.2) is 35.4 Å². The van der Waals surface area contributed by atoms with Gasteiger partial charge in [-0.15, -0.1) is 0 Å². The fraction of sp³-hybridized carbons (Fsp3) is 0.571. The molecule has 0 fully saturated rings. The zero-order valence-electron chi connectivity index (χ0n) is 13.0. The predicted molar refractivity (Wildman–Crippen MR) is 84.0 cm³/mol. The van der Waals surface area contributed by atoms with E-state index < -0.39 is 18.2 Å².